The van der Waals surface area contributed by atoms with Crippen LogP contribution in [-0.2, 0) is 0 Å². The quantitative estimate of drug-likeness (QED) is 0.703. The number of fused-ring (bicyclic) bond motifs is 1. The van der Waals surface area contributed by atoms with E-state index in [9.17, 15) is 0 Å². The number of aryl methyl sites for hydroxylation is 2. The summed E-state index contributed by atoms with van der Waals surface area (Å²) in [6.07, 6.45) is 1.76. The minimum absolute atomic E-state index is 0.531. The lowest BCUT2D eigenvalue weighted by molar-refractivity contribution is 0.630. The molecule has 0 aliphatic heterocycles. The molecule has 3 nitrogen and oxygen atoms in total. The van der Waals surface area contributed by atoms with E-state index in [0.29, 0.717) is 5.82 Å². The van der Waals surface area contributed by atoms with Gasteiger partial charge in [-0.3, -0.25) is 0 Å². The molecule has 0 saturated carbocycles. The molecule has 0 fully saturated rings. The van der Waals surface area contributed by atoms with Crippen molar-refractivity contribution in [2.75, 3.05) is 5.73 Å². The van der Waals surface area contributed by atoms with E-state index in [1.54, 1.807) is 6.20 Å². The number of nitrogen functional groups attached to an aromatic ring is 1. The van der Waals surface area contributed by atoms with Crippen LogP contribution in [0.2, 0.25) is 0 Å². The largest absolute Gasteiger partial charge is 0.456 e. The Hall–Kier alpha value is -2.29. The lowest BCUT2D eigenvalue weighted by Gasteiger charge is -2.02. The van der Waals surface area contributed by atoms with E-state index in [2.05, 4.69) is 18.0 Å². The predicted octanol–water partition coefficient (Wildman–Crippen LogP) is 3.69. The van der Waals surface area contributed by atoms with Gasteiger partial charge >= 0.3 is 0 Å². The number of hydrogen-bond acceptors (Lipinski definition) is 3. The third-order valence-corrected chi connectivity index (χ3v) is 3.07. The lowest BCUT2D eigenvalue weighted by atomic mass is 10.1. The van der Waals surface area contributed by atoms with Crippen molar-refractivity contribution < 1.29 is 4.42 Å². The fourth-order valence-electron chi connectivity index (χ4n) is 2.13. The highest BCUT2D eigenvalue weighted by Gasteiger charge is 2.09. The van der Waals surface area contributed by atoms with Crippen LogP contribution in [-0.4, -0.2) is 4.98 Å². The van der Waals surface area contributed by atoms with Crippen LogP contribution < -0.4 is 5.73 Å². The predicted molar refractivity (Wildman–Crippen MR) is 73.3 cm³/mol. The first-order chi connectivity index (χ1) is 8.63. The Balaban J connectivity index is 2.19. The minimum atomic E-state index is 0.531. The molecule has 0 saturated heterocycles. The summed E-state index contributed by atoms with van der Waals surface area (Å²) >= 11 is 0. The van der Waals surface area contributed by atoms with E-state index in [1.165, 1.54) is 5.56 Å². The molecule has 1 aromatic carbocycles. The topological polar surface area (TPSA) is 52.0 Å². The van der Waals surface area contributed by atoms with E-state index in [-0.39, 0.29) is 0 Å². The Morgan fingerprint density at radius 1 is 1.11 bits per heavy atom. The summed E-state index contributed by atoms with van der Waals surface area (Å²) in [5.41, 5.74) is 9.83. The summed E-state index contributed by atoms with van der Waals surface area (Å²) < 4.78 is 5.85. The van der Waals surface area contributed by atoms with Gasteiger partial charge in [-0.05, 0) is 43.7 Å². The molecule has 0 unspecified atom stereocenters. The molecule has 0 atom stereocenters. The zero-order valence-electron chi connectivity index (χ0n) is 10.4. The SMILES string of the molecule is Cc1ccc2oc(-c3cnc(N)cc3C)cc2c1. The molecule has 0 aliphatic carbocycles. The maximum atomic E-state index is 5.85. The minimum Gasteiger partial charge on any atom is -0.456 e. The van der Waals surface area contributed by atoms with Crippen molar-refractivity contribution in [2.45, 2.75) is 13.8 Å². The number of anilines is 1. The smallest absolute Gasteiger partial charge is 0.137 e. The lowest BCUT2D eigenvalue weighted by Crippen LogP contribution is -1.91. The highest BCUT2D eigenvalue weighted by atomic mass is 16.3. The summed E-state index contributed by atoms with van der Waals surface area (Å²) in [4.78, 5) is 4.12. The van der Waals surface area contributed by atoms with Gasteiger partial charge in [0.2, 0.25) is 0 Å². The Kier molecular flexibility index (Phi) is 2.33. The number of nitrogens with two attached hydrogens (primary N) is 1. The average Bonchev–Trinajstić information content (AvgIpc) is 2.71. The number of furan rings is 1. The first-order valence-electron chi connectivity index (χ1n) is 5.86. The van der Waals surface area contributed by atoms with Crippen molar-refractivity contribution in [1.82, 2.24) is 4.98 Å². The van der Waals surface area contributed by atoms with E-state index < -0.39 is 0 Å². The first-order valence-corrected chi connectivity index (χ1v) is 5.86. The van der Waals surface area contributed by atoms with Crippen LogP contribution in [0.25, 0.3) is 22.3 Å². The molecule has 2 N–H and O–H groups in total. The molecule has 2 aromatic heterocycles. The van der Waals surface area contributed by atoms with Crippen molar-refractivity contribution in [3.63, 3.8) is 0 Å². The Bertz CT molecular complexity index is 728. The molecule has 3 rings (SSSR count). The number of pyridine rings is 1. The van der Waals surface area contributed by atoms with Gasteiger partial charge in [-0.2, -0.15) is 0 Å². The molecule has 18 heavy (non-hydrogen) atoms. The van der Waals surface area contributed by atoms with Crippen LogP contribution in [0.3, 0.4) is 0 Å². The van der Waals surface area contributed by atoms with Crippen LogP contribution >= 0.6 is 0 Å². The summed E-state index contributed by atoms with van der Waals surface area (Å²) in [6, 6.07) is 10.1. The van der Waals surface area contributed by atoms with Gasteiger partial charge in [0, 0.05) is 17.1 Å². The second-order valence-electron chi connectivity index (χ2n) is 4.58. The van der Waals surface area contributed by atoms with Gasteiger partial charge in [-0.15, -0.1) is 0 Å². The summed E-state index contributed by atoms with van der Waals surface area (Å²) in [5.74, 6) is 1.36. The van der Waals surface area contributed by atoms with Gasteiger partial charge in [0.05, 0.1) is 0 Å². The van der Waals surface area contributed by atoms with E-state index in [1.807, 2.05) is 31.2 Å². The second kappa shape index (κ2) is 3.88. The van der Waals surface area contributed by atoms with E-state index in [4.69, 9.17) is 10.2 Å². The molecule has 3 aromatic rings. The standard InChI is InChI=1S/C15H14N2O/c1-9-3-4-13-11(5-9)7-14(18-13)12-8-17-15(16)6-10(12)2/h3-8H,1-2H3,(H2,16,17). The summed E-state index contributed by atoms with van der Waals surface area (Å²) in [7, 11) is 0. The van der Waals surface area contributed by atoms with Crippen LogP contribution in [0, 0.1) is 13.8 Å². The van der Waals surface area contributed by atoms with Gasteiger partial charge in [-0.25, -0.2) is 4.98 Å². The summed E-state index contributed by atoms with van der Waals surface area (Å²) in [5, 5.41) is 1.11. The molecular weight excluding hydrogens is 224 g/mol. The Labute approximate surface area is 105 Å². The van der Waals surface area contributed by atoms with Crippen LogP contribution in [0.15, 0.2) is 40.9 Å². The molecule has 3 heteroatoms. The van der Waals surface area contributed by atoms with E-state index >= 15 is 0 Å². The second-order valence-corrected chi connectivity index (χ2v) is 4.58. The van der Waals surface area contributed by atoms with Crippen molar-refractivity contribution in [3.05, 3.63) is 47.7 Å². The van der Waals surface area contributed by atoms with Gasteiger partial charge in [0.1, 0.15) is 17.2 Å². The Morgan fingerprint density at radius 3 is 2.72 bits per heavy atom. The fraction of sp³-hybridized carbons (Fsp3) is 0.133. The maximum Gasteiger partial charge on any atom is 0.137 e. The van der Waals surface area contributed by atoms with Gasteiger partial charge < -0.3 is 10.2 Å². The van der Waals surface area contributed by atoms with E-state index in [0.717, 1.165) is 27.9 Å². The summed E-state index contributed by atoms with van der Waals surface area (Å²) in [6.45, 7) is 4.08. The number of aromatic nitrogens is 1. The molecular formula is C15H14N2O. The zero-order chi connectivity index (χ0) is 12.7. The normalized spacial score (nSPS) is 11.0. The number of rotatable bonds is 1. The molecule has 2 heterocycles. The zero-order valence-corrected chi connectivity index (χ0v) is 10.4. The van der Waals surface area contributed by atoms with Crippen LogP contribution in [0.1, 0.15) is 11.1 Å². The third-order valence-electron chi connectivity index (χ3n) is 3.07. The molecule has 0 aliphatic rings. The first kappa shape index (κ1) is 10.8. The van der Waals surface area contributed by atoms with Crippen molar-refractivity contribution >= 4 is 16.8 Å². The third kappa shape index (κ3) is 1.74. The van der Waals surface area contributed by atoms with Gasteiger partial charge in [-0.1, -0.05) is 11.6 Å². The molecule has 0 radical (unpaired) electrons. The number of hydrogen-bond donors (Lipinski definition) is 1. The van der Waals surface area contributed by atoms with Crippen molar-refractivity contribution in [3.8, 4) is 11.3 Å². The fourth-order valence-corrected chi connectivity index (χ4v) is 2.13. The van der Waals surface area contributed by atoms with Crippen molar-refractivity contribution in [2.24, 2.45) is 0 Å². The molecule has 0 amide bonds. The number of nitrogens with zero attached hydrogens (tertiary/aromatic N) is 1. The van der Waals surface area contributed by atoms with Gasteiger partial charge in [0.25, 0.3) is 0 Å². The average molecular weight is 238 g/mol. The Morgan fingerprint density at radius 2 is 1.94 bits per heavy atom. The van der Waals surface area contributed by atoms with Gasteiger partial charge in [0.15, 0.2) is 0 Å². The highest BCUT2D eigenvalue weighted by Crippen LogP contribution is 2.30. The maximum absolute atomic E-state index is 5.85. The van der Waals surface area contributed by atoms with Crippen LogP contribution in [0.5, 0.6) is 0 Å². The highest BCUT2D eigenvalue weighted by molar-refractivity contribution is 5.83. The monoisotopic (exact) mass is 238 g/mol. The molecule has 90 valence electrons. The molecule has 0 bridgehead atoms. The van der Waals surface area contributed by atoms with Crippen LogP contribution in [0.4, 0.5) is 5.82 Å². The molecule has 0 spiro atoms. The number of benzene rings is 1. The van der Waals surface area contributed by atoms with Crippen molar-refractivity contribution in [1.29, 1.82) is 0 Å².